The molecule has 0 atom stereocenters. The summed E-state index contributed by atoms with van der Waals surface area (Å²) in [5, 5.41) is 9.37. The lowest BCUT2D eigenvalue weighted by Gasteiger charge is -2.09. The zero-order valence-electron chi connectivity index (χ0n) is 11.3. The largest absolute Gasteiger partial charge is 0.369 e. The molecular weight excluding hydrogens is 250 g/mol. The van der Waals surface area contributed by atoms with E-state index in [9.17, 15) is 5.26 Å². The van der Waals surface area contributed by atoms with Crippen LogP contribution in [0, 0.1) is 25.2 Å². The topological polar surface area (TPSA) is 80.5 Å². The van der Waals surface area contributed by atoms with Gasteiger partial charge in [0.05, 0.1) is 11.3 Å². The van der Waals surface area contributed by atoms with Crippen LogP contribution in [0.1, 0.15) is 16.7 Å². The van der Waals surface area contributed by atoms with Gasteiger partial charge in [0.15, 0.2) is 5.65 Å². The van der Waals surface area contributed by atoms with Crippen molar-refractivity contribution in [3.05, 3.63) is 47.2 Å². The van der Waals surface area contributed by atoms with Crippen molar-refractivity contribution in [3.63, 3.8) is 0 Å². The summed E-state index contributed by atoms with van der Waals surface area (Å²) >= 11 is 0. The number of nitrogens with zero attached hydrogens (tertiary/aromatic N) is 4. The molecule has 3 rings (SSSR count). The molecule has 0 radical (unpaired) electrons. The molecule has 0 aliphatic heterocycles. The number of pyridine rings is 1. The Morgan fingerprint density at radius 1 is 1.20 bits per heavy atom. The van der Waals surface area contributed by atoms with Crippen molar-refractivity contribution < 1.29 is 0 Å². The molecule has 20 heavy (non-hydrogen) atoms. The molecule has 0 fully saturated rings. The second-order valence-corrected chi connectivity index (χ2v) is 4.69. The Labute approximate surface area is 116 Å². The smallest absolute Gasteiger partial charge is 0.207 e. The summed E-state index contributed by atoms with van der Waals surface area (Å²) in [6.07, 6.45) is 1.72. The first-order valence-electron chi connectivity index (χ1n) is 6.23. The quantitative estimate of drug-likeness (QED) is 0.731. The maximum absolute atomic E-state index is 9.37. The molecule has 0 unspecified atom stereocenters. The lowest BCUT2D eigenvalue weighted by atomic mass is 10.1. The number of aryl methyl sites for hydroxylation is 2. The second kappa shape index (κ2) is 4.35. The zero-order chi connectivity index (χ0) is 14.3. The van der Waals surface area contributed by atoms with Gasteiger partial charge in [-0.15, -0.1) is 0 Å². The highest BCUT2D eigenvalue weighted by Gasteiger charge is 2.16. The van der Waals surface area contributed by atoms with E-state index in [1.165, 1.54) is 0 Å². The van der Waals surface area contributed by atoms with Crippen LogP contribution in [-0.2, 0) is 0 Å². The van der Waals surface area contributed by atoms with Crippen molar-refractivity contribution in [2.75, 3.05) is 5.73 Å². The zero-order valence-corrected chi connectivity index (χ0v) is 11.3. The van der Waals surface area contributed by atoms with Crippen LogP contribution >= 0.6 is 0 Å². The van der Waals surface area contributed by atoms with Crippen molar-refractivity contribution in [2.24, 2.45) is 0 Å². The van der Waals surface area contributed by atoms with Crippen LogP contribution in [0.3, 0.4) is 0 Å². The number of aromatic nitrogens is 3. The van der Waals surface area contributed by atoms with Crippen LogP contribution in [0.2, 0.25) is 0 Å². The van der Waals surface area contributed by atoms with Crippen LogP contribution < -0.4 is 5.73 Å². The highest BCUT2D eigenvalue weighted by molar-refractivity contribution is 5.80. The third-order valence-corrected chi connectivity index (χ3v) is 3.38. The Balaban J connectivity index is 2.43. The number of nitriles is 1. The number of hydrogen-bond donors (Lipinski definition) is 1. The minimum Gasteiger partial charge on any atom is -0.369 e. The van der Waals surface area contributed by atoms with Gasteiger partial charge in [-0.3, -0.25) is 4.57 Å². The average Bonchev–Trinajstić information content (AvgIpc) is 2.76. The van der Waals surface area contributed by atoms with E-state index < -0.39 is 0 Å². The van der Waals surface area contributed by atoms with Gasteiger partial charge in [0, 0.05) is 6.20 Å². The van der Waals surface area contributed by atoms with E-state index in [0.717, 1.165) is 16.6 Å². The molecule has 0 saturated carbocycles. The fourth-order valence-electron chi connectivity index (χ4n) is 2.33. The van der Waals surface area contributed by atoms with Crippen LogP contribution in [0.4, 0.5) is 5.95 Å². The highest BCUT2D eigenvalue weighted by Crippen LogP contribution is 2.26. The Kier molecular flexibility index (Phi) is 2.65. The molecular formula is C15H13N5. The summed E-state index contributed by atoms with van der Waals surface area (Å²) in [5.74, 6) is 0.337. The first-order chi connectivity index (χ1) is 9.63. The molecule has 98 valence electrons. The number of anilines is 1. The van der Waals surface area contributed by atoms with E-state index in [1.807, 2.05) is 38.1 Å². The highest BCUT2D eigenvalue weighted by atomic mass is 15.2. The summed E-state index contributed by atoms with van der Waals surface area (Å²) in [5.41, 5.74) is 10.7. The Hall–Kier alpha value is -2.87. The molecule has 0 aliphatic carbocycles. The molecule has 2 N–H and O–H groups in total. The van der Waals surface area contributed by atoms with Gasteiger partial charge < -0.3 is 5.73 Å². The van der Waals surface area contributed by atoms with Gasteiger partial charge in [-0.1, -0.05) is 12.1 Å². The maximum Gasteiger partial charge on any atom is 0.207 e. The van der Waals surface area contributed by atoms with E-state index in [0.29, 0.717) is 22.8 Å². The Bertz CT molecular complexity index is 855. The lowest BCUT2D eigenvalue weighted by molar-refractivity contribution is 1.07. The minimum absolute atomic E-state index is 0.337. The third-order valence-electron chi connectivity index (χ3n) is 3.38. The molecule has 0 spiro atoms. The van der Waals surface area contributed by atoms with Crippen molar-refractivity contribution in [2.45, 2.75) is 13.8 Å². The van der Waals surface area contributed by atoms with Gasteiger partial charge in [-0.05, 0) is 37.1 Å². The molecule has 0 saturated heterocycles. The minimum atomic E-state index is 0.337. The van der Waals surface area contributed by atoms with Crippen molar-refractivity contribution in [3.8, 4) is 11.8 Å². The van der Waals surface area contributed by atoms with Crippen LogP contribution in [0.25, 0.3) is 16.9 Å². The SMILES string of the molecule is Cc1cccc(-n2c(N)nc3c(C)ccnc32)c1C#N. The third kappa shape index (κ3) is 1.62. The summed E-state index contributed by atoms with van der Waals surface area (Å²) in [6.45, 7) is 3.86. The fourth-order valence-corrected chi connectivity index (χ4v) is 2.33. The summed E-state index contributed by atoms with van der Waals surface area (Å²) in [4.78, 5) is 8.72. The number of nitrogen functional groups attached to an aromatic ring is 1. The number of nitrogens with two attached hydrogens (primary N) is 1. The van der Waals surface area contributed by atoms with E-state index in [1.54, 1.807) is 10.8 Å². The van der Waals surface area contributed by atoms with Gasteiger partial charge in [0.1, 0.15) is 11.6 Å². The van der Waals surface area contributed by atoms with Gasteiger partial charge in [0.2, 0.25) is 5.95 Å². The Morgan fingerprint density at radius 3 is 2.75 bits per heavy atom. The molecule has 2 heterocycles. The van der Waals surface area contributed by atoms with E-state index >= 15 is 0 Å². The second-order valence-electron chi connectivity index (χ2n) is 4.69. The van der Waals surface area contributed by atoms with Crippen molar-refractivity contribution >= 4 is 17.1 Å². The fraction of sp³-hybridized carbons (Fsp3) is 0.133. The summed E-state index contributed by atoms with van der Waals surface area (Å²) in [7, 11) is 0. The number of benzene rings is 1. The van der Waals surface area contributed by atoms with E-state index in [2.05, 4.69) is 16.0 Å². The maximum atomic E-state index is 9.37. The predicted octanol–water partition coefficient (Wildman–Crippen LogP) is 2.49. The number of hydrogen-bond acceptors (Lipinski definition) is 4. The molecule has 0 amide bonds. The van der Waals surface area contributed by atoms with Gasteiger partial charge in [0.25, 0.3) is 0 Å². The standard InChI is InChI=1S/C15H13N5/c1-9-4-3-5-12(11(9)8-16)20-14-13(19-15(20)17)10(2)6-7-18-14/h3-7H,1-2H3,(H2,17,19). The molecule has 0 bridgehead atoms. The van der Waals surface area contributed by atoms with Gasteiger partial charge in [-0.2, -0.15) is 5.26 Å². The molecule has 5 nitrogen and oxygen atoms in total. The van der Waals surface area contributed by atoms with Gasteiger partial charge >= 0.3 is 0 Å². The van der Waals surface area contributed by atoms with Crippen LogP contribution in [0.15, 0.2) is 30.5 Å². The van der Waals surface area contributed by atoms with Crippen LogP contribution in [-0.4, -0.2) is 14.5 Å². The first kappa shape index (κ1) is 12.2. The van der Waals surface area contributed by atoms with Gasteiger partial charge in [-0.25, -0.2) is 9.97 Å². The van der Waals surface area contributed by atoms with E-state index in [4.69, 9.17) is 5.73 Å². The monoisotopic (exact) mass is 263 g/mol. The summed E-state index contributed by atoms with van der Waals surface area (Å²) in [6, 6.07) is 9.76. The number of rotatable bonds is 1. The summed E-state index contributed by atoms with van der Waals surface area (Å²) < 4.78 is 1.73. The molecule has 0 aliphatic rings. The van der Waals surface area contributed by atoms with E-state index in [-0.39, 0.29) is 0 Å². The Morgan fingerprint density at radius 2 is 2.00 bits per heavy atom. The van der Waals surface area contributed by atoms with Crippen LogP contribution in [0.5, 0.6) is 0 Å². The first-order valence-corrected chi connectivity index (χ1v) is 6.23. The number of imidazole rings is 1. The van der Waals surface area contributed by atoms with Crippen molar-refractivity contribution in [1.29, 1.82) is 5.26 Å². The van der Waals surface area contributed by atoms with Crippen molar-refractivity contribution in [1.82, 2.24) is 14.5 Å². The predicted molar refractivity (Wildman–Crippen MR) is 77.5 cm³/mol. The average molecular weight is 263 g/mol. The molecule has 1 aromatic carbocycles. The molecule has 5 heteroatoms. The normalized spacial score (nSPS) is 10.7. The lowest BCUT2D eigenvalue weighted by Crippen LogP contribution is -2.04. The molecule has 3 aromatic rings. The number of fused-ring (bicyclic) bond motifs is 1. The molecule has 2 aromatic heterocycles.